The number of nitrogens with two attached hydrogens (primary N) is 2. The van der Waals surface area contributed by atoms with Crippen molar-refractivity contribution < 1.29 is 29.4 Å². The highest BCUT2D eigenvalue weighted by Crippen LogP contribution is 1.99. The Balaban J connectivity index is 4.69. The van der Waals surface area contributed by atoms with E-state index >= 15 is 0 Å². The molecule has 0 heterocycles. The average Bonchev–Trinajstić information content (AvgIpc) is 2.40. The fourth-order valence-corrected chi connectivity index (χ4v) is 1.46. The van der Waals surface area contributed by atoms with Crippen LogP contribution in [0.3, 0.4) is 0 Å². The monoisotopic (exact) mass is 318 g/mol. The number of carbonyl (C=O) groups excluding carboxylic acids is 3. The van der Waals surface area contributed by atoms with Crippen molar-refractivity contribution in [2.75, 3.05) is 0 Å². The van der Waals surface area contributed by atoms with Crippen molar-refractivity contribution in [1.29, 1.82) is 0 Å². The first-order chi connectivity index (χ1) is 10.1. The summed E-state index contributed by atoms with van der Waals surface area (Å²) in [6, 6.07) is -3.64. The highest BCUT2D eigenvalue weighted by molar-refractivity contribution is 5.92. The fourth-order valence-electron chi connectivity index (χ4n) is 1.46. The molecule has 0 aliphatic carbocycles. The summed E-state index contributed by atoms with van der Waals surface area (Å²) in [6.07, 6.45) is -1.38. The molecule has 4 atom stereocenters. The minimum atomic E-state index is -1.37. The Morgan fingerprint density at radius 1 is 1.09 bits per heavy atom. The maximum atomic E-state index is 11.9. The zero-order chi connectivity index (χ0) is 17.4. The van der Waals surface area contributed by atoms with Crippen LogP contribution in [0.5, 0.6) is 0 Å². The summed E-state index contributed by atoms with van der Waals surface area (Å²) in [4.78, 5) is 45.0. The number of aliphatic hydroxyl groups excluding tert-OH is 1. The molecule has 0 aliphatic rings. The molecule has 0 aromatic heterocycles. The third-order valence-electron chi connectivity index (χ3n) is 2.83. The summed E-state index contributed by atoms with van der Waals surface area (Å²) in [5, 5.41) is 22.6. The summed E-state index contributed by atoms with van der Waals surface area (Å²) < 4.78 is 0. The topological polar surface area (TPSA) is 185 Å². The zero-order valence-electron chi connectivity index (χ0n) is 12.4. The molecule has 0 radical (unpaired) electrons. The van der Waals surface area contributed by atoms with Gasteiger partial charge in [0.05, 0.1) is 12.1 Å². The summed E-state index contributed by atoms with van der Waals surface area (Å²) in [6.45, 7) is 2.49. The first kappa shape index (κ1) is 19.8. The van der Waals surface area contributed by atoms with Crippen molar-refractivity contribution in [1.82, 2.24) is 10.6 Å². The van der Waals surface area contributed by atoms with Crippen LogP contribution in [0.4, 0.5) is 0 Å². The van der Waals surface area contributed by atoms with Gasteiger partial charge in [0.25, 0.3) is 0 Å². The Hall–Kier alpha value is -2.20. The molecule has 8 N–H and O–H groups in total. The number of primary amides is 1. The molecule has 22 heavy (non-hydrogen) atoms. The van der Waals surface area contributed by atoms with Crippen LogP contribution in [-0.2, 0) is 19.2 Å². The largest absolute Gasteiger partial charge is 0.480 e. The lowest BCUT2D eigenvalue weighted by atomic mass is 10.1. The average molecular weight is 318 g/mol. The molecule has 3 amide bonds. The van der Waals surface area contributed by atoms with Crippen molar-refractivity contribution in [2.24, 2.45) is 11.5 Å². The van der Waals surface area contributed by atoms with E-state index in [0.717, 1.165) is 0 Å². The molecule has 10 nitrogen and oxygen atoms in total. The van der Waals surface area contributed by atoms with Crippen molar-refractivity contribution in [2.45, 2.75) is 50.9 Å². The van der Waals surface area contributed by atoms with Gasteiger partial charge >= 0.3 is 5.97 Å². The smallest absolute Gasteiger partial charge is 0.325 e. The van der Waals surface area contributed by atoms with E-state index in [9.17, 15) is 24.3 Å². The summed E-state index contributed by atoms with van der Waals surface area (Å²) in [5.74, 6) is -3.50. The van der Waals surface area contributed by atoms with E-state index in [1.54, 1.807) is 0 Å². The normalized spacial score (nSPS) is 16.0. The number of rotatable bonds is 9. The van der Waals surface area contributed by atoms with Crippen LogP contribution >= 0.6 is 0 Å². The van der Waals surface area contributed by atoms with Gasteiger partial charge in [-0.25, -0.2) is 0 Å². The first-order valence-electron chi connectivity index (χ1n) is 6.61. The second-order valence-corrected chi connectivity index (χ2v) is 4.91. The minimum absolute atomic E-state index is 0.0131. The van der Waals surface area contributed by atoms with Gasteiger partial charge in [-0.3, -0.25) is 19.2 Å². The number of aliphatic carboxylic acids is 1. The Kier molecular flexibility index (Phi) is 8.05. The molecule has 0 aliphatic heterocycles. The van der Waals surface area contributed by atoms with Crippen LogP contribution in [-0.4, -0.2) is 58.1 Å². The van der Waals surface area contributed by atoms with Crippen LogP contribution in [0.2, 0.25) is 0 Å². The number of nitrogens with one attached hydrogen (secondary N) is 2. The van der Waals surface area contributed by atoms with Gasteiger partial charge in [-0.2, -0.15) is 0 Å². The molecule has 0 spiro atoms. The van der Waals surface area contributed by atoms with Gasteiger partial charge in [0.1, 0.15) is 12.1 Å². The third kappa shape index (κ3) is 6.99. The Morgan fingerprint density at radius 3 is 2.05 bits per heavy atom. The van der Waals surface area contributed by atoms with Crippen LogP contribution in [0, 0.1) is 0 Å². The fraction of sp³-hybridized carbons (Fsp3) is 0.667. The van der Waals surface area contributed by atoms with Gasteiger partial charge < -0.3 is 32.3 Å². The number of amides is 3. The van der Waals surface area contributed by atoms with Gasteiger partial charge in [-0.05, 0) is 20.3 Å². The molecule has 0 saturated carbocycles. The lowest BCUT2D eigenvalue weighted by Gasteiger charge is -2.23. The van der Waals surface area contributed by atoms with E-state index in [1.807, 2.05) is 0 Å². The van der Waals surface area contributed by atoms with Crippen LogP contribution in [0.15, 0.2) is 0 Å². The van der Waals surface area contributed by atoms with Crippen molar-refractivity contribution in [3.05, 3.63) is 0 Å². The SMILES string of the molecule is CC(NC(=O)C(NC(=O)C(N)CCC(N)=O)C(C)O)C(=O)O. The second kappa shape index (κ2) is 8.95. The third-order valence-corrected chi connectivity index (χ3v) is 2.83. The van der Waals surface area contributed by atoms with E-state index in [4.69, 9.17) is 16.6 Å². The molecule has 0 saturated heterocycles. The van der Waals surface area contributed by atoms with E-state index in [2.05, 4.69) is 10.6 Å². The number of carboxylic acids is 1. The molecule has 0 aromatic carbocycles. The Morgan fingerprint density at radius 2 is 1.64 bits per heavy atom. The number of aliphatic hydroxyl groups is 1. The maximum absolute atomic E-state index is 11.9. The summed E-state index contributed by atoms with van der Waals surface area (Å²) in [7, 11) is 0. The minimum Gasteiger partial charge on any atom is -0.480 e. The predicted octanol–water partition coefficient (Wildman–Crippen LogP) is -2.97. The highest BCUT2D eigenvalue weighted by Gasteiger charge is 2.29. The number of hydrogen-bond donors (Lipinski definition) is 6. The van der Waals surface area contributed by atoms with Crippen LogP contribution < -0.4 is 22.1 Å². The number of carboxylic acid groups (broad SMARTS) is 1. The second-order valence-electron chi connectivity index (χ2n) is 4.91. The summed E-state index contributed by atoms with van der Waals surface area (Å²) >= 11 is 0. The Labute approximate surface area is 127 Å². The van der Waals surface area contributed by atoms with E-state index < -0.39 is 47.9 Å². The number of carbonyl (C=O) groups is 4. The first-order valence-corrected chi connectivity index (χ1v) is 6.61. The molecule has 0 bridgehead atoms. The zero-order valence-corrected chi connectivity index (χ0v) is 12.4. The quantitative estimate of drug-likeness (QED) is 0.262. The lowest BCUT2D eigenvalue weighted by Crippen LogP contribution is -2.57. The lowest BCUT2D eigenvalue weighted by molar-refractivity contribution is -0.142. The highest BCUT2D eigenvalue weighted by atomic mass is 16.4. The van der Waals surface area contributed by atoms with Crippen LogP contribution in [0.25, 0.3) is 0 Å². The Bertz CT molecular complexity index is 439. The van der Waals surface area contributed by atoms with Gasteiger partial charge in [-0.15, -0.1) is 0 Å². The van der Waals surface area contributed by atoms with Gasteiger partial charge in [-0.1, -0.05) is 0 Å². The van der Waals surface area contributed by atoms with Gasteiger partial charge in [0.2, 0.25) is 17.7 Å². The van der Waals surface area contributed by atoms with E-state index in [0.29, 0.717) is 0 Å². The van der Waals surface area contributed by atoms with E-state index in [-0.39, 0.29) is 12.8 Å². The summed E-state index contributed by atoms with van der Waals surface area (Å²) in [5.41, 5.74) is 10.5. The molecule has 126 valence electrons. The van der Waals surface area contributed by atoms with E-state index in [1.165, 1.54) is 13.8 Å². The van der Waals surface area contributed by atoms with Crippen molar-refractivity contribution >= 4 is 23.7 Å². The molecule has 10 heteroatoms. The van der Waals surface area contributed by atoms with Crippen LogP contribution in [0.1, 0.15) is 26.7 Å². The van der Waals surface area contributed by atoms with Crippen molar-refractivity contribution in [3.63, 3.8) is 0 Å². The molecule has 0 fully saturated rings. The molecule has 4 unspecified atom stereocenters. The number of hydrogen-bond acceptors (Lipinski definition) is 6. The molecular weight excluding hydrogens is 296 g/mol. The molecular formula is C12H22N4O6. The van der Waals surface area contributed by atoms with Gasteiger partial charge in [0.15, 0.2) is 0 Å². The standard InChI is InChI=1S/C12H22N4O6/c1-5(12(21)22)15-11(20)9(6(2)17)16-10(19)7(13)3-4-8(14)18/h5-7,9,17H,3-4,13H2,1-2H3,(H2,14,18)(H,15,20)(H,16,19)(H,21,22). The van der Waals surface area contributed by atoms with Gasteiger partial charge in [0, 0.05) is 6.42 Å². The maximum Gasteiger partial charge on any atom is 0.325 e. The molecule has 0 rings (SSSR count). The predicted molar refractivity (Wildman–Crippen MR) is 75.3 cm³/mol. The molecule has 0 aromatic rings. The van der Waals surface area contributed by atoms with Crippen molar-refractivity contribution in [3.8, 4) is 0 Å².